The molecule has 2 fully saturated rings. The third kappa shape index (κ3) is 5.86. The lowest BCUT2D eigenvalue weighted by molar-refractivity contribution is 0.407. The van der Waals surface area contributed by atoms with E-state index in [1.54, 1.807) is 11.1 Å². The Morgan fingerprint density at radius 3 is 1.48 bits per heavy atom. The fourth-order valence-electron chi connectivity index (χ4n) is 12.8. The molecular weight excluding hydrogens is 785 g/mol. The third-order valence-corrected chi connectivity index (χ3v) is 15.8. The molecule has 2 aromatic heterocycles. The Hall–Kier alpha value is -7.42. The van der Waals surface area contributed by atoms with E-state index in [0.717, 1.165) is 17.8 Å². The standard InChI is InChI=1S/C63H48N2/c1-2-10-41(11-3-1)42-20-27-49(28-21-42)64-60-16-8-6-14-54(60)58-38-45(25-32-62(58)64)46-26-33-63-59(39-46)55-15-7-9-17-61(55)65(63)50-29-22-43(23-30-50)44-24-31-53-51-12-4-5-13-52(51)56-36-40-34-47(56)18-19-48(35-40)57(53)37-44/h1-17,20-33,37-40,47-48,56H,18-19,34-36H2. The number of hydrogen-bond donors (Lipinski definition) is 0. The lowest BCUT2D eigenvalue weighted by Gasteiger charge is -2.23. The van der Waals surface area contributed by atoms with Crippen LogP contribution in [0.4, 0.5) is 0 Å². The van der Waals surface area contributed by atoms with Crippen LogP contribution in [0.2, 0.25) is 0 Å². The van der Waals surface area contributed by atoms with Gasteiger partial charge >= 0.3 is 0 Å². The van der Waals surface area contributed by atoms with Gasteiger partial charge in [0.05, 0.1) is 22.1 Å². The van der Waals surface area contributed by atoms with E-state index in [1.807, 2.05) is 0 Å². The highest BCUT2D eigenvalue weighted by molar-refractivity contribution is 6.12. The molecule has 15 rings (SSSR count). The van der Waals surface area contributed by atoms with E-state index in [9.17, 15) is 0 Å². The molecule has 11 aromatic rings. The van der Waals surface area contributed by atoms with Crippen LogP contribution in [0.1, 0.15) is 55.1 Å². The van der Waals surface area contributed by atoms with E-state index in [-0.39, 0.29) is 0 Å². The monoisotopic (exact) mass is 832 g/mol. The van der Waals surface area contributed by atoms with Gasteiger partial charge in [-0.15, -0.1) is 0 Å². The van der Waals surface area contributed by atoms with Crippen molar-refractivity contribution in [1.82, 2.24) is 9.13 Å². The van der Waals surface area contributed by atoms with E-state index < -0.39 is 0 Å². The van der Waals surface area contributed by atoms with Gasteiger partial charge in [-0.25, -0.2) is 0 Å². The zero-order chi connectivity index (χ0) is 42.6. The van der Waals surface area contributed by atoms with Crippen molar-refractivity contribution >= 4 is 43.6 Å². The summed E-state index contributed by atoms with van der Waals surface area (Å²) >= 11 is 0. The number of rotatable bonds is 5. The fraction of sp³-hybridized carbons (Fsp3) is 0.143. The molecule has 0 aliphatic heterocycles. The van der Waals surface area contributed by atoms with Gasteiger partial charge < -0.3 is 9.13 Å². The van der Waals surface area contributed by atoms with Crippen LogP contribution in [0.15, 0.2) is 206 Å². The number of para-hydroxylation sites is 2. The first kappa shape index (κ1) is 37.0. The van der Waals surface area contributed by atoms with Gasteiger partial charge in [0.15, 0.2) is 0 Å². The average molecular weight is 833 g/mol. The van der Waals surface area contributed by atoms with Gasteiger partial charge in [0.2, 0.25) is 0 Å². The Kier molecular flexibility index (Phi) is 8.29. The van der Waals surface area contributed by atoms with Crippen molar-refractivity contribution in [2.24, 2.45) is 11.8 Å². The normalized spacial score (nSPS) is 18.8. The zero-order valence-electron chi connectivity index (χ0n) is 36.4. The summed E-state index contributed by atoms with van der Waals surface area (Å²) in [6.07, 6.45) is 6.82. The average Bonchev–Trinajstić information content (AvgIpc) is 4.00. The highest BCUT2D eigenvalue weighted by Crippen LogP contribution is 2.57. The maximum atomic E-state index is 2.56. The van der Waals surface area contributed by atoms with E-state index in [2.05, 4.69) is 215 Å². The van der Waals surface area contributed by atoms with Crippen LogP contribution in [0.3, 0.4) is 0 Å². The molecule has 0 spiro atoms. The number of nitrogens with zero attached hydrogens (tertiary/aromatic N) is 2. The first-order valence-corrected chi connectivity index (χ1v) is 23.8. The molecule has 310 valence electrons. The van der Waals surface area contributed by atoms with Crippen LogP contribution >= 0.6 is 0 Å². The van der Waals surface area contributed by atoms with Gasteiger partial charge in [0, 0.05) is 32.9 Å². The Balaban J connectivity index is 0.826. The highest BCUT2D eigenvalue weighted by atomic mass is 15.0. The van der Waals surface area contributed by atoms with Crippen molar-refractivity contribution in [1.29, 1.82) is 0 Å². The summed E-state index contributed by atoms with van der Waals surface area (Å²) in [6, 6.07) is 77.5. The molecule has 0 radical (unpaired) electrons. The molecule has 2 heterocycles. The first-order chi connectivity index (χ1) is 32.2. The van der Waals surface area contributed by atoms with Gasteiger partial charge in [0.25, 0.3) is 0 Å². The maximum absolute atomic E-state index is 2.56. The van der Waals surface area contributed by atoms with Gasteiger partial charge in [-0.1, -0.05) is 146 Å². The second kappa shape index (κ2) is 14.6. The smallest absolute Gasteiger partial charge is 0.0541 e. The molecule has 4 bridgehead atoms. The summed E-state index contributed by atoms with van der Waals surface area (Å²) in [6.45, 7) is 0. The number of aromatic nitrogens is 2. The molecule has 4 aliphatic rings. The number of fused-ring (bicyclic) bond motifs is 7. The van der Waals surface area contributed by atoms with Gasteiger partial charge in [0.1, 0.15) is 0 Å². The highest BCUT2D eigenvalue weighted by Gasteiger charge is 2.42. The van der Waals surface area contributed by atoms with Crippen molar-refractivity contribution in [3.8, 4) is 55.9 Å². The Bertz CT molecular complexity index is 3640. The SMILES string of the molecule is c1ccc(-c2ccc(-n3c4ccccc4c4cc(-c5ccc6c(c5)c5ccccc5n6-c5ccc(-c6ccc7c(c6)C6CCC8CC(C6)CC8c6ccccc6-7)cc5)ccc43)cc2)cc1. The Labute approximate surface area is 380 Å². The molecule has 4 atom stereocenters. The lowest BCUT2D eigenvalue weighted by Crippen LogP contribution is -2.09. The summed E-state index contributed by atoms with van der Waals surface area (Å²) in [5.74, 6) is 3.06. The minimum absolute atomic E-state index is 0.639. The van der Waals surface area contributed by atoms with Crippen molar-refractivity contribution < 1.29 is 0 Å². The van der Waals surface area contributed by atoms with Gasteiger partial charge in [-0.05, 0) is 172 Å². The van der Waals surface area contributed by atoms with E-state index in [0.29, 0.717) is 5.92 Å². The van der Waals surface area contributed by atoms with E-state index in [1.165, 1.54) is 132 Å². The summed E-state index contributed by atoms with van der Waals surface area (Å²) < 4.78 is 4.86. The van der Waals surface area contributed by atoms with Gasteiger partial charge in [-0.2, -0.15) is 0 Å². The summed E-state index contributed by atoms with van der Waals surface area (Å²) in [4.78, 5) is 0. The number of hydrogen-bond acceptors (Lipinski definition) is 0. The first-order valence-electron chi connectivity index (χ1n) is 23.8. The second-order valence-electron chi connectivity index (χ2n) is 19.2. The summed E-state index contributed by atoms with van der Waals surface area (Å²) in [5.41, 5.74) is 20.9. The van der Waals surface area contributed by atoms with Crippen molar-refractivity contribution in [3.63, 3.8) is 0 Å². The molecule has 4 aliphatic carbocycles. The van der Waals surface area contributed by atoms with Crippen LogP contribution in [-0.2, 0) is 0 Å². The van der Waals surface area contributed by atoms with Crippen molar-refractivity contribution in [2.45, 2.75) is 43.9 Å². The lowest BCUT2D eigenvalue weighted by atomic mass is 9.81. The quantitative estimate of drug-likeness (QED) is 0.163. The predicted octanol–water partition coefficient (Wildman–Crippen LogP) is 16.9. The minimum Gasteiger partial charge on any atom is -0.309 e. The summed E-state index contributed by atoms with van der Waals surface area (Å²) in [5, 5.41) is 5.06. The molecule has 0 amide bonds. The molecule has 9 aromatic carbocycles. The Morgan fingerprint density at radius 1 is 0.323 bits per heavy atom. The van der Waals surface area contributed by atoms with Crippen LogP contribution in [0.25, 0.3) is 99.5 Å². The molecule has 0 N–H and O–H groups in total. The maximum Gasteiger partial charge on any atom is 0.0541 e. The third-order valence-electron chi connectivity index (χ3n) is 15.8. The molecule has 2 nitrogen and oxygen atoms in total. The van der Waals surface area contributed by atoms with Crippen LogP contribution in [0, 0.1) is 11.8 Å². The van der Waals surface area contributed by atoms with E-state index in [4.69, 9.17) is 0 Å². The van der Waals surface area contributed by atoms with Crippen LogP contribution in [0.5, 0.6) is 0 Å². The van der Waals surface area contributed by atoms with Crippen molar-refractivity contribution in [3.05, 3.63) is 217 Å². The minimum atomic E-state index is 0.639. The predicted molar refractivity (Wildman–Crippen MR) is 272 cm³/mol. The van der Waals surface area contributed by atoms with Crippen molar-refractivity contribution in [2.75, 3.05) is 0 Å². The molecule has 4 unspecified atom stereocenters. The van der Waals surface area contributed by atoms with Crippen LogP contribution in [-0.4, -0.2) is 9.13 Å². The topological polar surface area (TPSA) is 9.86 Å². The fourth-order valence-corrected chi connectivity index (χ4v) is 12.8. The molecule has 2 heteroatoms. The molecule has 2 saturated carbocycles. The van der Waals surface area contributed by atoms with Crippen LogP contribution < -0.4 is 0 Å². The molecule has 0 saturated heterocycles. The Morgan fingerprint density at radius 2 is 0.815 bits per heavy atom. The second-order valence-corrected chi connectivity index (χ2v) is 19.2. The molecule has 65 heavy (non-hydrogen) atoms. The molecular formula is C63H48N2. The largest absolute Gasteiger partial charge is 0.309 e. The van der Waals surface area contributed by atoms with E-state index >= 15 is 0 Å². The zero-order valence-corrected chi connectivity index (χ0v) is 36.4. The number of benzene rings is 9. The van der Waals surface area contributed by atoms with Gasteiger partial charge in [-0.3, -0.25) is 0 Å². The summed E-state index contributed by atoms with van der Waals surface area (Å²) in [7, 11) is 0.